The van der Waals surface area contributed by atoms with E-state index in [1.54, 1.807) is 12.1 Å². The largest absolute Gasteiger partial charge is 0.368 e. The summed E-state index contributed by atoms with van der Waals surface area (Å²) >= 11 is 0. The van der Waals surface area contributed by atoms with Crippen molar-refractivity contribution in [3.63, 3.8) is 0 Å². The maximum absolute atomic E-state index is 12.5. The third-order valence-corrected chi connectivity index (χ3v) is 6.14. The van der Waals surface area contributed by atoms with Crippen molar-refractivity contribution in [3.8, 4) is 0 Å². The standard InChI is InChI=1S/C15H19F2NO2S/c16-15(17)21(19,20)13-7-5-12(6-8-13)18-10-9-11-3-1-2-4-14(11)18/h5-8,11,14-15H,1-4,9-10H2. The van der Waals surface area contributed by atoms with Gasteiger partial charge in [-0.25, -0.2) is 8.42 Å². The van der Waals surface area contributed by atoms with Gasteiger partial charge in [-0.1, -0.05) is 12.8 Å². The van der Waals surface area contributed by atoms with Crippen LogP contribution in [0.2, 0.25) is 0 Å². The highest BCUT2D eigenvalue weighted by Crippen LogP contribution is 2.39. The molecule has 2 atom stereocenters. The van der Waals surface area contributed by atoms with Crippen molar-refractivity contribution in [2.75, 3.05) is 11.4 Å². The van der Waals surface area contributed by atoms with Crippen molar-refractivity contribution in [1.29, 1.82) is 0 Å². The summed E-state index contributed by atoms with van der Waals surface area (Å²) in [4.78, 5) is 2.00. The lowest BCUT2D eigenvalue weighted by Gasteiger charge is -2.33. The molecule has 0 radical (unpaired) electrons. The second kappa shape index (κ2) is 5.55. The number of halogens is 2. The molecule has 0 bridgehead atoms. The summed E-state index contributed by atoms with van der Waals surface area (Å²) in [6.45, 7) is 0.969. The summed E-state index contributed by atoms with van der Waals surface area (Å²) in [6, 6.07) is 6.44. The lowest BCUT2D eigenvalue weighted by molar-refractivity contribution is 0.234. The van der Waals surface area contributed by atoms with E-state index in [0.717, 1.165) is 18.2 Å². The van der Waals surface area contributed by atoms with E-state index in [-0.39, 0.29) is 4.90 Å². The zero-order chi connectivity index (χ0) is 15.0. The van der Waals surface area contributed by atoms with E-state index in [2.05, 4.69) is 4.90 Å². The first-order valence-corrected chi connectivity index (χ1v) is 8.93. The molecule has 0 amide bonds. The van der Waals surface area contributed by atoms with Crippen molar-refractivity contribution in [2.24, 2.45) is 5.92 Å². The minimum Gasteiger partial charge on any atom is -0.368 e. The van der Waals surface area contributed by atoms with Gasteiger partial charge in [-0.05, 0) is 49.4 Å². The van der Waals surface area contributed by atoms with Crippen LogP contribution < -0.4 is 4.90 Å². The van der Waals surface area contributed by atoms with Gasteiger partial charge in [0.2, 0.25) is 9.84 Å². The third-order valence-electron chi connectivity index (χ3n) is 4.74. The van der Waals surface area contributed by atoms with Crippen LogP contribution in [0, 0.1) is 5.92 Å². The van der Waals surface area contributed by atoms with Gasteiger partial charge in [-0.3, -0.25) is 0 Å². The highest BCUT2D eigenvalue weighted by Gasteiger charge is 2.36. The predicted octanol–water partition coefficient (Wildman–Crippen LogP) is 3.45. The highest BCUT2D eigenvalue weighted by atomic mass is 32.2. The Morgan fingerprint density at radius 2 is 1.71 bits per heavy atom. The van der Waals surface area contributed by atoms with Gasteiger partial charge in [0.05, 0.1) is 4.90 Å². The van der Waals surface area contributed by atoms with Gasteiger partial charge in [0.1, 0.15) is 0 Å². The van der Waals surface area contributed by atoms with Crippen molar-refractivity contribution in [1.82, 2.24) is 0 Å². The fourth-order valence-corrected chi connectivity index (χ4v) is 4.38. The van der Waals surface area contributed by atoms with E-state index in [1.807, 2.05) is 0 Å². The first-order valence-electron chi connectivity index (χ1n) is 7.39. The SMILES string of the molecule is O=S(=O)(c1ccc(N2CCC3CCCCC32)cc1)C(F)F. The number of sulfone groups is 1. The van der Waals surface area contributed by atoms with Crippen LogP contribution in [0.1, 0.15) is 32.1 Å². The molecule has 1 aromatic carbocycles. The van der Waals surface area contributed by atoms with Crippen LogP contribution in [0.25, 0.3) is 0 Å². The Bertz CT molecular complexity index is 601. The maximum Gasteiger partial charge on any atom is 0.341 e. The molecule has 1 aliphatic carbocycles. The summed E-state index contributed by atoms with van der Waals surface area (Å²) < 4.78 is 47.9. The summed E-state index contributed by atoms with van der Waals surface area (Å²) in [5.41, 5.74) is 0.942. The van der Waals surface area contributed by atoms with Gasteiger partial charge >= 0.3 is 5.76 Å². The number of fused-ring (bicyclic) bond motifs is 1. The smallest absolute Gasteiger partial charge is 0.341 e. The molecular weight excluding hydrogens is 296 g/mol. The van der Waals surface area contributed by atoms with Gasteiger partial charge in [0.25, 0.3) is 0 Å². The van der Waals surface area contributed by atoms with E-state index < -0.39 is 15.6 Å². The van der Waals surface area contributed by atoms with Gasteiger partial charge in [0, 0.05) is 18.3 Å². The molecule has 2 fully saturated rings. The maximum atomic E-state index is 12.5. The number of nitrogens with zero attached hydrogens (tertiary/aromatic N) is 1. The molecule has 1 saturated heterocycles. The van der Waals surface area contributed by atoms with Crippen molar-refractivity contribution >= 4 is 15.5 Å². The van der Waals surface area contributed by atoms with Crippen molar-refractivity contribution < 1.29 is 17.2 Å². The predicted molar refractivity (Wildman–Crippen MR) is 77.3 cm³/mol. The van der Waals surface area contributed by atoms with Crippen molar-refractivity contribution in [2.45, 2.75) is 48.8 Å². The monoisotopic (exact) mass is 315 g/mol. The van der Waals surface area contributed by atoms with E-state index in [4.69, 9.17) is 0 Å². The number of anilines is 1. The van der Waals surface area contributed by atoms with E-state index in [0.29, 0.717) is 6.04 Å². The Balaban J connectivity index is 1.82. The molecule has 2 unspecified atom stereocenters. The minimum atomic E-state index is -4.49. The molecule has 2 aliphatic rings. The summed E-state index contributed by atoms with van der Waals surface area (Å²) in [5.74, 6) is -2.64. The summed E-state index contributed by atoms with van der Waals surface area (Å²) in [5, 5.41) is 0. The molecule has 1 saturated carbocycles. The molecule has 21 heavy (non-hydrogen) atoms. The molecule has 1 heterocycles. The van der Waals surface area contributed by atoms with Crippen LogP contribution in [0.15, 0.2) is 29.2 Å². The van der Waals surface area contributed by atoms with Crippen LogP contribution in [-0.4, -0.2) is 26.8 Å². The van der Waals surface area contributed by atoms with Crippen LogP contribution in [0.5, 0.6) is 0 Å². The molecule has 1 aromatic rings. The molecule has 116 valence electrons. The van der Waals surface area contributed by atoms with Crippen LogP contribution in [-0.2, 0) is 9.84 Å². The number of alkyl halides is 2. The van der Waals surface area contributed by atoms with Gasteiger partial charge in [-0.2, -0.15) is 8.78 Å². The first-order chi connectivity index (χ1) is 10.00. The molecule has 6 heteroatoms. The van der Waals surface area contributed by atoms with Gasteiger partial charge in [0.15, 0.2) is 0 Å². The summed E-state index contributed by atoms with van der Waals surface area (Å²) in [6.07, 6.45) is 6.12. The van der Waals surface area contributed by atoms with Gasteiger partial charge < -0.3 is 4.90 Å². The van der Waals surface area contributed by atoms with Gasteiger partial charge in [-0.15, -0.1) is 0 Å². The lowest BCUT2D eigenvalue weighted by Crippen LogP contribution is -2.34. The average Bonchev–Trinajstić information content (AvgIpc) is 2.91. The Morgan fingerprint density at radius 3 is 2.38 bits per heavy atom. The Morgan fingerprint density at radius 1 is 1.05 bits per heavy atom. The number of rotatable bonds is 3. The molecule has 0 aromatic heterocycles. The minimum absolute atomic E-state index is 0.305. The number of hydrogen-bond donors (Lipinski definition) is 0. The highest BCUT2D eigenvalue weighted by molar-refractivity contribution is 7.91. The number of hydrogen-bond acceptors (Lipinski definition) is 3. The molecule has 3 rings (SSSR count). The lowest BCUT2D eigenvalue weighted by atomic mass is 9.85. The Labute approximate surface area is 123 Å². The molecule has 0 spiro atoms. The summed E-state index contributed by atoms with van der Waals surface area (Å²) in [7, 11) is -4.49. The molecule has 0 N–H and O–H groups in total. The fraction of sp³-hybridized carbons (Fsp3) is 0.600. The quantitative estimate of drug-likeness (QED) is 0.857. The second-order valence-corrected chi connectivity index (χ2v) is 7.81. The molecular formula is C15H19F2NO2S. The molecule has 1 aliphatic heterocycles. The van der Waals surface area contributed by atoms with E-state index in [9.17, 15) is 17.2 Å². The van der Waals surface area contributed by atoms with Crippen LogP contribution in [0.4, 0.5) is 14.5 Å². The van der Waals surface area contributed by atoms with Crippen LogP contribution in [0.3, 0.4) is 0 Å². The zero-order valence-electron chi connectivity index (χ0n) is 11.7. The van der Waals surface area contributed by atoms with E-state index in [1.165, 1.54) is 44.2 Å². The third kappa shape index (κ3) is 2.65. The number of benzene rings is 1. The normalized spacial score (nSPS) is 26.1. The second-order valence-electron chi connectivity index (χ2n) is 5.89. The molecule has 3 nitrogen and oxygen atoms in total. The average molecular weight is 315 g/mol. The zero-order valence-corrected chi connectivity index (χ0v) is 12.5. The fourth-order valence-electron chi connectivity index (χ4n) is 3.66. The Kier molecular flexibility index (Phi) is 3.90. The van der Waals surface area contributed by atoms with Crippen LogP contribution >= 0.6 is 0 Å². The van der Waals surface area contributed by atoms with E-state index >= 15 is 0 Å². The van der Waals surface area contributed by atoms with Crippen molar-refractivity contribution in [3.05, 3.63) is 24.3 Å². The Hall–Kier alpha value is -1.17. The topological polar surface area (TPSA) is 37.4 Å². The first kappa shape index (κ1) is 14.8.